The second-order valence-corrected chi connectivity index (χ2v) is 2.41. The second kappa shape index (κ2) is 2.24. The number of hydrogen-bond acceptors (Lipinski definition) is 3. The maximum absolute atomic E-state index is 8.69. The van der Waals surface area contributed by atoms with Crippen LogP contribution in [0.2, 0.25) is 0 Å². The normalized spacial score (nSPS) is 9.92. The SMILES string of the molecule is N#Cc1ccc(N)c2ccnn12. The van der Waals surface area contributed by atoms with Crippen LogP contribution in [-0.4, -0.2) is 9.61 Å². The summed E-state index contributed by atoms with van der Waals surface area (Å²) in [6.07, 6.45) is 1.62. The van der Waals surface area contributed by atoms with Crippen LogP contribution in [0.5, 0.6) is 0 Å². The minimum Gasteiger partial charge on any atom is -0.397 e. The molecule has 58 valence electrons. The van der Waals surface area contributed by atoms with Crippen molar-refractivity contribution in [1.29, 1.82) is 5.26 Å². The number of anilines is 1. The van der Waals surface area contributed by atoms with Gasteiger partial charge >= 0.3 is 0 Å². The minimum absolute atomic E-state index is 0.490. The average Bonchev–Trinajstić information content (AvgIpc) is 2.54. The maximum Gasteiger partial charge on any atom is 0.142 e. The van der Waals surface area contributed by atoms with Crippen molar-refractivity contribution in [2.45, 2.75) is 0 Å². The summed E-state index contributed by atoms with van der Waals surface area (Å²) in [5.74, 6) is 0. The molecule has 0 saturated carbocycles. The van der Waals surface area contributed by atoms with E-state index in [0.717, 1.165) is 5.52 Å². The van der Waals surface area contributed by atoms with Gasteiger partial charge in [0.1, 0.15) is 11.8 Å². The zero-order valence-corrected chi connectivity index (χ0v) is 6.23. The zero-order valence-electron chi connectivity index (χ0n) is 6.23. The highest BCUT2D eigenvalue weighted by atomic mass is 15.2. The molecule has 0 aliphatic rings. The quantitative estimate of drug-likeness (QED) is 0.616. The number of aromatic nitrogens is 2. The third-order valence-corrected chi connectivity index (χ3v) is 1.70. The van der Waals surface area contributed by atoms with Crippen LogP contribution in [0.4, 0.5) is 5.69 Å². The molecule has 4 nitrogen and oxygen atoms in total. The van der Waals surface area contributed by atoms with E-state index in [0.29, 0.717) is 11.4 Å². The lowest BCUT2D eigenvalue weighted by Gasteiger charge is -1.98. The molecule has 2 aromatic rings. The number of hydrogen-bond donors (Lipinski definition) is 1. The van der Waals surface area contributed by atoms with Gasteiger partial charge in [-0.25, -0.2) is 4.52 Å². The molecule has 0 spiro atoms. The monoisotopic (exact) mass is 158 g/mol. The standard InChI is InChI=1S/C8H6N4/c9-5-6-1-2-7(10)8-3-4-11-12(6)8/h1-4H,10H2. The Labute approximate surface area is 68.8 Å². The lowest BCUT2D eigenvalue weighted by atomic mass is 10.3. The Kier molecular flexibility index (Phi) is 1.25. The Bertz CT molecular complexity index is 463. The Hall–Kier alpha value is -2.02. The van der Waals surface area contributed by atoms with Crippen LogP contribution in [0.15, 0.2) is 24.4 Å². The fourth-order valence-corrected chi connectivity index (χ4v) is 1.12. The van der Waals surface area contributed by atoms with Crippen molar-refractivity contribution in [3.05, 3.63) is 30.1 Å². The summed E-state index contributed by atoms with van der Waals surface area (Å²) in [7, 11) is 0. The molecule has 4 heteroatoms. The van der Waals surface area contributed by atoms with Crippen LogP contribution in [0.25, 0.3) is 5.52 Å². The Morgan fingerprint density at radius 1 is 1.42 bits per heavy atom. The van der Waals surface area contributed by atoms with Crippen molar-refractivity contribution in [3.63, 3.8) is 0 Å². The van der Waals surface area contributed by atoms with E-state index in [1.54, 1.807) is 24.4 Å². The average molecular weight is 158 g/mol. The molecular weight excluding hydrogens is 152 g/mol. The van der Waals surface area contributed by atoms with Crippen molar-refractivity contribution in [2.75, 3.05) is 5.73 Å². The molecule has 0 radical (unpaired) electrons. The first-order valence-electron chi connectivity index (χ1n) is 3.45. The summed E-state index contributed by atoms with van der Waals surface area (Å²) in [5, 5.41) is 12.7. The van der Waals surface area contributed by atoms with Gasteiger partial charge in [0.05, 0.1) is 17.4 Å². The molecule has 0 bridgehead atoms. The van der Waals surface area contributed by atoms with Gasteiger partial charge < -0.3 is 5.73 Å². The van der Waals surface area contributed by atoms with Crippen molar-refractivity contribution >= 4 is 11.2 Å². The van der Waals surface area contributed by atoms with Gasteiger partial charge in [-0.2, -0.15) is 10.4 Å². The topological polar surface area (TPSA) is 67.1 Å². The number of rotatable bonds is 0. The molecule has 0 aliphatic carbocycles. The molecule has 0 unspecified atom stereocenters. The first-order chi connectivity index (χ1) is 5.83. The summed E-state index contributed by atoms with van der Waals surface area (Å²) in [6.45, 7) is 0. The minimum atomic E-state index is 0.490. The summed E-state index contributed by atoms with van der Waals surface area (Å²) in [6, 6.07) is 7.15. The molecule has 12 heavy (non-hydrogen) atoms. The number of nitrogens with two attached hydrogens (primary N) is 1. The van der Waals surface area contributed by atoms with Crippen molar-refractivity contribution in [1.82, 2.24) is 9.61 Å². The highest BCUT2D eigenvalue weighted by Gasteiger charge is 2.01. The van der Waals surface area contributed by atoms with E-state index < -0.39 is 0 Å². The predicted octanol–water partition coefficient (Wildman–Crippen LogP) is 0.788. The third-order valence-electron chi connectivity index (χ3n) is 1.70. The van der Waals surface area contributed by atoms with Gasteiger partial charge in [-0.05, 0) is 18.2 Å². The molecule has 0 amide bonds. The summed E-state index contributed by atoms with van der Waals surface area (Å²) in [5.41, 5.74) is 7.55. The smallest absolute Gasteiger partial charge is 0.142 e. The molecule has 2 rings (SSSR count). The second-order valence-electron chi connectivity index (χ2n) is 2.41. The van der Waals surface area contributed by atoms with Crippen molar-refractivity contribution in [2.24, 2.45) is 0 Å². The van der Waals surface area contributed by atoms with E-state index in [1.807, 2.05) is 6.07 Å². The van der Waals surface area contributed by atoms with E-state index in [4.69, 9.17) is 11.0 Å². The molecule has 0 aromatic carbocycles. The van der Waals surface area contributed by atoms with E-state index in [1.165, 1.54) is 4.52 Å². The zero-order chi connectivity index (χ0) is 8.55. The van der Waals surface area contributed by atoms with Gasteiger partial charge in [-0.1, -0.05) is 0 Å². The van der Waals surface area contributed by atoms with Crippen LogP contribution < -0.4 is 5.73 Å². The van der Waals surface area contributed by atoms with Crippen LogP contribution in [-0.2, 0) is 0 Å². The van der Waals surface area contributed by atoms with Gasteiger partial charge in [-0.3, -0.25) is 0 Å². The highest BCUT2D eigenvalue weighted by Crippen LogP contribution is 2.13. The molecule has 0 atom stereocenters. The van der Waals surface area contributed by atoms with Gasteiger partial charge in [0.2, 0.25) is 0 Å². The van der Waals surface area contributed by atoms with Crippen molar-refractivity contribution in [3.8, 4) is 6.07 Å². The highest BCUT2D eigenvalue weighted by molar-refractivity contribution is 5.69. The Morgan fingerprint density at radius 2 is 2.25 bits per heavy atom. The van der Waals surface area contributed by atoms with Crippen molar-refractivity contribution < 1.29 is 0 Å². The molecule has 2 heterocycles. The van der Waals surface area contributed by atoms with Crippen LogP contribution >= 0.6 is 0 Å². The fourth-order valence-electron chi connectivity index (χ4n) is 1.12. The number of nitrogens with zero attached hydrogens (tertiary/aromatic N) is 3. The number of nitrogen functional groups attached to an aromatic ring is 1. The predicted molar refractivity (Wildman–Crippen MR) is 44.3 cm³/mol. The van der Waals surface area contributed by atoms with Gasteiger partial charge in [-0.15, -0.1) is 0 Å². The summed E-state index contributed by atoms with van der Waals surface area (Å²) >= 11 is 0. The van der Waals surface area contributed by atoms with Crippen LogP contribution in [0.1, 0.15) is 5.69 Å². The van der Waals surface area contributed by atoms with Crippen LogP contribution in [0.3, 0.4) is 0 Å². The van der Waals surface area contributed by atoms with E-state index >= 15 is 0 Å². The Morgan fingerprint density at radius 3 is 3.00 bits per heavy atom. The third kappa shape index (κ3) is 0.736. The fraction of sp³-hybridized carbons (Fsp3) is 0. The lowest BCUT2D eigenvalue weighted by Crippen LogP contribution is -1.97. The maximum atomic E-state index is 8.69. The van der Waals surface area contributed by atoms with Crippen LogP contribution in [0, 0.1) is 11.3 Å². The Balaban J connectivity index is 2.94. The van der Waals surface area contributed by atoms with E-state index in [9.17, 15) is 0 Å². The molecule has 2 N–H and O–H groups in total. The van der Waals surface area contributed by atoms with E-state index in [-0.39, 0.29) is 0 Å². The molecule has 0 fully saturated rings. The molecule has 0 saturated heterocycles. The first-order valence-corrected chi connectivity index (χ1v) is 3.45. The van der Waals surface area contributed by atoms with Gasteiger partial charge in [0, 0.05) is 0 Å². The molecular formula is C8H6N4. The first kappa shape index (κ1) is 6.68. The van der Waals surface area contributed by atoms with Gasteiger partial charge in [0.25, 0.3) is 0 Å². The number of fused-ring (bicyclic) bond motifs is 1. The molecule has 0 aliphatic heterocycles. The summed E-state index contributed by atoms with van der Waals surface area (Å²) < 4.78 is 1.52. The van der Waals surface area contributed by atoms with Gasteiger partial charge in [0.15, 0.2) is 0 Å². The number of pyridine rings is 1. The van der Waals surface area contributed by atoms with E-state index in [2.05, 4.69) is 5.10 Å². The number of nitriles is 1. The molecule has 2 aromatic heterocycles. The lowest BCUT2D eigenvalue weighted by molar-refractivity contribution is 0.942. The summed E-state index contributed by atoms with van der Waals surface area (Å²) in [4.78, 5) is 0. The largest absolute Gasteiger partial charge is 0.397 e.